The van der Waals surface area contributed by atoms with Gasteiger partial charge in [-0.25, -0.2) is 4.98 Å². The molecule has 25 heavy (non-hydrogen) atoms. The second-order valence-corrected chi connectivity index (χ2v) is 5.41. The van der Waals surface area contributed by atoms with Crippen molar-refractivity contribution in [2.45, 2.75) is 0 Å². The number of nitro groups is 1. The second kappa shape index (κ2) is 6.63. The molecule has 1 heterocycles. The lowest BCUT2D eigenvalue weighted by Crippen LogP contribution is -1.97. The Morgan fingerprint density at radius 1 is 1.24 bits per heavy atom. The molecule has 0 atom stereocenters. The van der Waals surface area contributed by atoms with Crippen LogP contribution >= 0.6 is 11.6 Å². The summed E-state index contributed by atoms with van der Waals surface area (Å²) >= 11 is 5.95. The third kappa shape index (κ3) is 3.29. The first kappa shape index (κ1) is 16.5. The molecule has 2 aromatic carbocycles. The third-order valence-corrected chi connectivity index (χ3v) is 3.68. The number of nitrogens with zero attached hydrogens (tertiary/aromatic N) is 3. The summed E-state index contributed by atoms with van der Waals surface area (Å²) in [5.74, 6) is 0.396. The van der Waals surface area contributed by atoms with Crippen LogP contribution < -0.4 is 9.47 Å². The molecule has 124 valence electrons. The van der Waals surface area contributed by atoms with Gasteiger partial charge in [0.05, 0.1) is 29.2 Å². The van der Waals surface area contributed by atoms with Gasteiger partial charge in [-0.1, -0.05) is 11.6 Å². The number of nitro benzene ring substituents is 1. The lowest BCUT2D eigenvalue weighted by molar-refractivity contribution is -0.385. The van der Waals surface area contributed by atoms with E-state index < -0.39 is 4.92 Å². The largest absolute Gasteiger partial charge is 0.496 e. The predicted octanol–water partition coefficient (Wildman–Crippen LogP) is 4.47. The van der Waals surface area contributed by atoms with Crippen molar-refractivity contribution in [3.05, 3.63) is 63.2 Å². The van der Waals surface area contributed by atoms with Crippen molar-refractivity contribution < 1.29 is 14.4 Å². The molecule has 3 rings (SSSR count). The van der Waals surface area contributed by atoms with Gasteiger partial charge in [-0.2, -0.15) is 5.26 Å². The van der Waals surface area contributed by atoms with Crippen LogP contribution in [0.25, 0.3) is 10.9 Å². The lowest BCUT2D eigenvalue weighted by Gasteiger charge is -2.09. The molecule has 1 aromatic heterocycles. The number of hydrogen-bond donors (Lipinski definition) is 0. The second-order valence-electron chi connectivity index (χ2n) is 4.97. The Morgan fingerprint density at radius 3 is 2.72 bits per heavy atom. The molecular weight excluding hydrogens is 346 g/mol. The highest BCUT2D eigenvalue weighted by Gasteiger charge is 2.18. The van der Waals surface area contributed by atoms with Crippen LogP contribution in [0.1, 0.15) is 5.56 Å². The molecule has 0 spiro atoms. The summed E-state index contributed by atoms with van der Waals surface area (Å²) in [5, 5.41) is 21.6. The Kier molecular flexibility index (Phi) is 4.37. The Morgan fingerprint density at radius 2 is 2.04 bits per heavy atom. The first-order valence-corrected chi connectivity index (χ1v) is 7.40. The van der Waals surface area contributed by atoms with Crippen molar-refractivity contribution in [3.8, 4) is 23.4 Å². The zero-order valence-electron chi connectivity index (χ0n) is 12.9. The number of halogens is 1. The van der Waals surface area contributed by atoms with Gasteiger partial charge in [0.1, 0.15) is 11.8 Å². The monoisotopic (exact) mass is 355 g/mol. The van der Waals surface area contributed by atoms with Gasteiger partial charge in [0.15, 0.2) is 0 Å². The number of hydrogen-bond acceptors (Lipinski definition) is 6. The van der Waals surface area contributed by atoms with Crippen molar-refractivity contribution in [1.82, 2.24) is 4.98 Å². The van der Waals surface area contributed by atoms with Crippen molar-refractivity contribution in [2.24, 2.45) is 0 Å². The van der Waals surface area contributed by atoms with Gasteiger partial charge in [-0.3, -0.25) is 10.1 Å². The number of nitriles is 1. The fourth-order valence-electron chi connectivity index (χ4n) is 2.28. The van der Waals surface area contributed by atoms with Crippen LogP contribution in [0.3, 0.4) is 0 Å². The first-order chi connectivity index (χ1) is 12.0. The van der Waals surface area contributed by atoms with Crippen LogP contribution in [0, 0.1) is 21.4 Å². The first-order valence-electron chi connectivity index (χ1n) is 7.02. The van der Waals surface area contributed by atoms with E-state index in [-0.39, 0.29) is 17.3 Å². The molecule has 0 unspecified atom stereocenters. The van der Waals surface area contributed by atoms with E-state index in [2.05, 4.69) is 4.98 Å². The predicted molar refractivity (Wildman–Crippen MR) is 91.2 cm³/mol. The fraction of sp³-hybridized carbons (Fsp3) is 0.0588. The maximum Gasteiger partial charge on any atom is 0.315 e. The zero-order chi connectivity index (χ0) is 18.0. The highest BCUT2D eigenvalue weighted by atomic mass is 35.5. The van der Waals surface area contributed by atoms with E-state index in [0.717, 1.165) is 0 Å². The Bertz CT molecular complexity index is 1030. The quantitative estimate of drug-likeness (QED) is 0.505. The molecule has 0 fully saturated rings. The molecular formula is C17H10ClN3O4. The SMILES string of the molecule is COc1ccc(Oc2cc(C#N)c3cc(Cl)ccc3n2)c([N+](=O)[O-])c1. The molecule has 0 aliphatic carbocycles. The van der Waals surface area contributed by atoms with Gasteiger partial charge in [0.2, 0.25) is 11.6 Å². The number of aromatic nitrogens is 1. The van der Waals surface area contributed by atoms with Crippen LogP contribution in [0.15, 0.2) is 42.5 Å². The van der Waals surface area contributed by atoms with Gasteiger partial charge < -0.3 is 9.47 Å². The number of pyridine rings is 1. The van der Waals surface area contributed by atoms with Crippen LogP contribution in [-0.2, 0) is 0 Å². The number of fused-ring (bicyclic) bond motifs is 1. The summed E-state index contributed by atoms with van der Waals surface area (Å²) in [4.78, 5) is 14.9. The molecule has 0 bridgehead atoms. The Hall–Kier alpha value is -3.37. The molecule has 0 aliphatic heterocycles. The van der Waals surface area contributed by atoms with E-state index in [1.807, 2.05) is 6.07 Å². The van der Waals surface area contributed by atoms with Gasteiger partial charge in [-0.05, 0) is 30.3 Å². The normalized spacial score (nSPS) is 10.3. The van der Waals surface area contributed by atoms with Crippen LogP contribution in [0.5, 0.6) is 17.4 Å². The summed E-state index contributed by atoms with van der Waals surface area (Å²) in [6, 6.07) is 12.6. The Balaban J connectivity index is 2.08. The molecule has 0 N–H and O–H groups in total. The van der Waals surface area contributed by atoms with E-state index in [0.29, 0.717) is 27.2 Å². The maximum atomic E-state index is 11.2. The van der Waals surface area contributed by atoms with Crippen molar-refractivity contribution >= 4 is 28.2 Å². The molecule has 0 aliphatic rings. The van der Waals surface area contributed by atoms with Crippen molar-refractivity contribution in [2.75, 3.05) is 7.11 Å². The standard InChI is InChI=1S/C17H10ClN3O4/c1-24-12-3-5-16(15(8-12)21(22)23)25-17-6-10(9-19)13-7-11(18)2-4-14(13)20-17/h2-8H,1H3. The lowest BCUT2D eigenvalue weighted by atomic mass is 10.1. The highest BCUT2D eigenvalue weighted by Crippen LogP contribution is 2.35. The van der Waals surface area contributed by atoms with E-state index in [4.69, 9.17) is 21.1 Å². The van der Waals surface area contributed by atoms with Crippen LogP contribution in [0.4, 0.5) is 5.69 Å². The minimum atomic E-state index is -0.579. The number of benzene rings is 2. The molecule has 8 heteroatoms. The van der Waals surface area contributed by atoms with Crippen molar-refractivity contribution in [3.63, 3.8) is 0 Å². The topological polar surface area (TPSA) is 98.3 Å². The van der Waals surface area contributed by atoms with Gasteiger partial charge >= 0.3 is 5.69 Å². The summed E-state index contributed by atoms with van der Waals surface area (Å²) < 4.78 is 10.5. The van der Waals surface area contributed by atoms with Crippen LogP contribution in [0.2, 0.25) is 5.02 Å². The average molecular weight is 356 g/mol. The van der Waals surface area contributed by atoms with Gasteiger partial charge in [0.25, 0.3) is 0 Å². The number of methoxy groups -OCH3 is 1. The number of ether oxygens (including phenoxy) is 2. The minimum absolute atomic E-state index is 0.00416. The zero-order valence-corrected chi connectivity index (χ0v) is 13.6. The van der Waals surface area contributed by atoms with E-state index in [1.165, 1.54) is 31.4 Å². The summed E-state index contributed by atoms with van der Waals surface area (Å²) in [6.07, 6.45) is 0. The minimum Gasteiger partial charge on any atom is -0.496 e. The molecule has 0 radical (unpaired) electrons. The highest BCUT2D eigenvalue weighted by molar-refractivity contribution is 6.31. The Labute approximate surface area is 147 Å². The van der Waals surface area contributed by atoms with E-state index in [9.17, 15) is 15.4 Å². The summed E-state index contributed by atoms with van der Waals surface area (Å²) in [5.41, 5.74) is 0.532. The number of rotatable bonds is 4. The van der Waals surface area contributed by atoms with E-state index in [1.54, 1.807) is 18.2 Å². The summed E-state index contributed by atoms with van der Waals surface area (Å²) in [6.45, 7) is 0. The fourth-order valence-corrected chi connectivity index (χ4v) is 2.46. The van der Waals surface area contributed by atoms with E-state index >= 15 is 0 Å². The maximum absolute atomic E-state index is 11.2. The molecule has 3 aromatic rings. The average Bonchev–Trinajstić information content (AvgIpc) is 2.61. The van der Waals surface area contributed by atoms with Crippen molar-refractivity contribution in [1.29, 1.82) is 5.26 Å². The smallest absolute Gasteiger partial charge is 0.315 e. The summed E-state index contributed by atoms with van der Waals surface area (Å²) in [7, 11) is 1.41. The van der Waals surface area contributed by atoms with Gasteiger partial charge in [0, 0.05) is 16.5 Å². The molecule has 7 nitrogen and oxygen atoms in total. The molecule has 0 saturated carbocycles. The third-order valence-electron chi connectivity index (χ3n) is 3.45. The van der Waals surface area contributed by atoms with Gasteiger partial charge in [-0.15, -0.1) is 0 Å². The van der Waals surface area contributed by atoms with Crippen LogP contribution in [-0.4, -0.2) is 17.0 Å². The molecule has 0 amide bonds. The molecule has 0 saturated heterocycles.